The van der Waals surface area contributed by atoms with Gasteiger partial charge in [0, 0.05) is 5.56 Å². The highest BCUT2D eigenvalue weighted by atomic mass is 35.5. The number of anilines is 1. The highest BCUT2D eigenvalue weighted by Crippen LogP contribution is 2.25. The Morgan fingerprint density at radius 1 is 1.12 bits per heavy atom. The number of hydrogen-bond acceptors (Lipinski definition) is 3. The SMILES string of the molecule is CC(C)C[C@H](NC(=O)c1ccc(NS(C)(=O)=O)c(Cl)c1)c1ccccc1. The lowest BCUT2D eigenvalue weighted by atomic mass is 9.96. The Balaban J connectivity index is 2.20. The Morgan fingerprint density at radius 3 is 2.31 bits per heavy atom. The summed E-state index contributed by atoms with van der Waals surface area (Å²) in [6.07, 6.45) is 1.84. The lowest BCUT2D eigenvalue weighted by Gasteiger charge is -2.21. The first-order chi connectivity index (χ1) is 12.2. The lowest BCUT2D eigenvalue weighted by Crippen LogP contribution is -2.29. The molecular weight excluding hydrogens is 372 g/mol. The summed E-state index contributed by atoms with van der Waals surface area (Å²) in [7, 11) is -3.44. The molecule has 0 spiro atoms. The van der Waals surface area contributed by atoms with Crippen molar-refractivity contribution >= 4 is 33.2 Å². The van der Waals surface area contributed by atoms with Crippen molar-refractivity contribution in [2.75, 3.05) is 11.0 Å². The Hall–Kier alpha value is -2.05. The fourth-order valence-electron chi connectivity index (χ4n) is 2.62. The second kappa shape index (κ2) is 8.56. The first kappa shape index (κ1) is 20.3. The van der Waals surface area contributed by atoms with Gasteiger partial charge < -0.3 is 5.32 Å². The van der Waals surface area contributed by atoms with Gasteiger partial charge in [0.25, 0.3) is 5.91 Å². The summed E-state index contributed by atoms with van der Waals surface area (Å²) in [5.74, 6) is 0.151. The van der Waals surface area contributed by atoms with Gasteiger partial charge in [-0.05, 0) is 36.1 Å². The maximum atomic E-state index is 12.7. The summed E-state index contributed by atoms with van der Waals surface area (Å²) in [5, 5.41) is 3.21. The van der Waals surface area contributed by atoms with Crippen molar-refractivity contribution < 1.29 is 13.2 Å². The molecule has 2 rings (SSSR count). The number of sulfonamides is 1. The second-order valence-electron chi connectivity index (χ2n) is 6.64. The standard InChI is InChI=1S/C19H23ClN2O3S/c1-13(2)11-18(14-7-5-4-6-8-14)21-19(23)15-9-10-17(16(20)12-15)22-26(3,24)25/h4-10,12-13,18,22H,11H2,1-3H3,(H,21,23)/t18-/m0/s1. The van der Waals surface area contributed by atoms with Crippen LogP contribution in [0.5, 0.6) is 0 Å². The van der Waals surface area contributed by atoms with E-state index >= 15 is 0 Å². The number of carbonyl (C=O) groups is 1. The number of amides is 1. The van der Waals surface area contributed by atoms with Gasteiger partial charge in [0.05, 0.1) is 23.0 Å². The maximum absolute atomic E-state index is 12.7. The Bertz CT molecular complexity index is 868. The molecule has 5 nitrogen and oxygen atoms in total. The van der Waals surface area contributed by atoms with Crippen LogP contribution in [-0.4, -0.2) is 20.6 Å². The molecule has 2 aromatic carbocycles. The first-order valence-corrected chi connectivity index (χ1v) is 10.6. The van der Waals surface area contributed by atoms with Crippen molar-refractivity contribution in [1.29, 1.82) is 0 Å². The summed E-state index contributed by atoms with van der Waals surface area (Å²) in [6, 6.07) is 14.2. The molecule has 0 bridgehead atoms. The van der Waals surface area contributed by atoms with Crippen LogP contribution in [-0.2, 0) is 10.0 Å². The molecule has 0 fully saturated rings. The summed E-state index contributed by atoms with van der Waals surface area (Å²) >= 11 is 6.11. The third-order valence-electron chi connectivity index (χ3n) is 3.74. The van der Waals surface area contributed by atoms with E-state index in [0.29, 0.717) is 11.5 Å². The van der Waals surface area contributed by atoms with Crippen molar-refractivity contribution in [3.8, 4) is 0 Å². The molecule has 0 aliphatic heterocycles. The molecule has 0 saturated carbocycles. The quantitative estimate of drug-likeness (QED) is 0.737. The number of nitrogens with one attached hydrogen (secondary N) is 2. The van der Waals surface area contributed by atoms with E-state index < -0.39 is 10.0 Å². The van der Waals surface area contributed by atoms with E-state index in [1.54, 1.807) is 6.07 Å². The van der Waals surface area contributed by atoms with Crippen LogP contribution in [0.25, 0.3) is 0 Å². The van der Waals surface area contributed by atoms with Gasteiger partial charge in [-0.15, -0.1) is 0 Å². The molecule has 0 aliphatic carbocycles. The van der Waals surface area contributed by atoms with E-state index in [1.807, 2.05) is 30.3 Å². The van der Waals surface area contributed by atoms with E-state index in [-0.39, 0.29) is 22.7 Å². The molecular formula is C19H23ClN2O3S. The number of rotatable bonds is 7. The Kier molecular flexibility index (Phi) is 6.67. The largest absolute Gasteiger partial charge is 0.345 e. The number of hydrogen-bond donors (Lipinski definition) is 2. The Labute approximate surface area is 159 Å². The van der Waals surface area contributed by atoms with Gasteiger partial charge in [-0.25, -0.2) is 8.42 Å². The van der Waals surface area contributed by atoms with Crippen LogP contribution in [0.15, 0.2) is 48.5 Å². The molecule has 2 aromatic rings. The average Bonchev–Trinajstić information content (AvgIpc) is 2.55. The lowest BCUT2D eigenvalue weighted by molar-refractivity contribution is 0.0932. The van der Waals surface area contributed by atoms with E-state index in [0.717, 1.165) is 18.2 Å². The summed E-state index contributed by atoms with van der Waals surface area (Å²) < 4.78 is 25.0. The summed E-state index contributed by atoms with van der Waals surface area (Å²) in [6.45, 7) is 4.20. The van der Waals surface area contributed by atoms with Crippen molar-refractivity contribution in [3.05, 3.63) is 64.7 Å². The molecule has 0 saturated heterocycles. The fraction of sp³-hybridized carbons (Fsp3) is 0.316. The zero-order valence-electron chi connectivity index (χ0n) is 15.0. The van der Waals surface area contributed by atoms with Crippen molar-refractivity contribution in [2.24, 2.45) is 5.92 Å². The van der Waals surface area contributed by atoms with Gasteiger partial charge in [-0.3, -0.25) is 9.52 Å². The van der Waals surface area contributed by atoms with Gasteiger partial charge in [0.15, 0.2) is 0 Å². The van der Waals surface area contributed by atoms with Crippen LogP contribution >= 0.6 is 11.6 Å². The van der Waals surface area contributed by atoms with Crippen molar-refractivity contribution in [2.45, 2.75) is 26.3 Å². The predicted octanol–water partition coefficient (Wildman–Crippen LogP) is 4.23. The summed E-state index contributed by atoms with van der Waals surface area (Å²) in [5.41, 5.74) is 1.65. The maximum Gasteiger partial charge on any atom is 0.251 e. The van der Waals surface area contributed by atoms with Crippen LogP contribution < -0.4 is 10.0 Å². The topological polar surface area (TPSA) is 75.3 Å². The highest BCUT2D eigenvalue weighted by Gasteiger charge is 2.18. The van der Waals surface area contributed by atoms with Crippen molar-refractivity contribution in [3.63, 3.8) is 0 Å². The predicted molar refractivity (Wildman–Crippen MR) is 106 cm³/mol. The monoisotopic (exact) mass is 394 g/mol. The van der Waals surface area contributed by atoms with E-state index in [9.17, 15) is 13.2 Å². The smallest absolute Gasteiger partial charge is 0.251 e. The zero-order valence-corrected chi connectivity index (χ0v) is 16.6. The van der Waals surface area contributed by atoms with Gasteiger partial charge in [0.2, 0.25) is 10.0 Å². The normalized spacial score (nSPS) is 12.7. The molecule has 0 radical (unpaired) electrons. The molecule has 140 valence electrons. The molecule has 26 heavy (non-hydrogen) atoms. The van der Waals surface area contributed by atoms with Crippen LogP contribution in [0.1, 0.15) is 42.2 Å². The first-order valence-electron chi connectivity index (χ1n) is 8.29. The van der Waals surface area contributed by atoms with Gasteiger partial charge in [-0.1, -0.05) is 55.8 Å². The van der Waals surface area contributed by atoms with Crippen LogP contribution in [0.3, 0.4) is 0 Å². The Morgan fingerprint density at radius 2 is 1.77 bits per heavy atom. The zero-order chi connectivity index (χ0) is 19.3. The van der Waals surface area contributed by atoms with Crippen LogP contribution in [0.4, 0.5) is 5.69 Å². The minimum Gasteiger partial charge on any atom is -0.345 e. The number of carbonyl (C=O) groups excluding carboxylic acids is 1. The molecule has 0 aromatic heterocycles. The number of halogens is 1. The highest BCUT2D eigenvalue weighted by molar-refractivity contribution is 7.92. The number of benzene rings is 2. The molecule has 1 atom stereocenters. The molecule has 2 N–H and O–H groups in total. The van der Waals surface area contributed by atoms with Gasteiger partial charge in [-0.2, -0.15) is 0 Å². The fourth-order valence-corrected chi connectivity index (χ4v) is 3.48. The van der Waals surface area contributed by atoms with E-state index in [4.69, 9.17) is 11.6 Å². The second-order valence-corrected chi connectivity index (χ2v) is 8.79. The third-order valence-corrected chi connectivity index (χ3v) is 4.64. The van der Waals surface area contributed by atoms with Crippen LogP contribution in [0.2, 0.25) is 5.02 Å². The molecule has 1 amide bonds. The molecule has 7 heteroatoms. The third kappa shape index (κ3) is 6.04. The van der Waals surface area contributed by atoms with Crippen molar-refractivity contribution in [1.82, 2.24) is 5.32 Å². The minimum atomic E-state index is -3.44. The minimum absolute atomic E-state index is 0.115. The van der Waals surface area contributed by atoms with E-state index in [2.05, 4.69) is 23.9 Å². The van der Waals surface area contributed by atoms with Crippen LogP contribution in [0, 0.1) is 5.92 Å². The average molecular weight is 395 g/mol. The molecule has 0 unspecified atom stereocenters. The molecule has 0 aliphatic rings. The van der Waals surface area contributed by atoms with Gasteiger partial charge >= 0.3 is 0 Å². The van der Waals surface area contributed by atoms with Gasteiger partial charge in [0.1, 0.15) is 0 Å². The molecule has 0 heterocycles. The van der Waals surface area contributed by atoms with E-state index in [1.165, 1.54) is 12.1 Å². The summed E-state index contributed by atoms with van der Waals surface area (Å²) in [4.78, 5) is 12.7.